The molecule has 0 saturated carbocycles. The zero-order chi connectivity index (χ0) is 18.1. The van der Waals surface area contributed by atoms with Crippen molar-refractivity contribution in [1.29, 1.82) is 0 Å². The second kappa shape index (κ2) is 7.44. The van der Waals surface area contributed by atoms with Crippen molar-refractivity contribution in [3.63, 3.8) is 0 Å². The van der Waals surface area contributed by atoms with E-state index < -0.39 is 7.59 Å². The summed E-state index contributed by atoms with van der Waals surface area (Å²) in [6.07, 6.45) is 0. The molecule has 2 rings (SSSR count). The minimum absolute atomic E-state index is 0.00203. The lowest BCUT2D eigenvalue weighted by Gasteiger charge is -2.21. The van der Waals surface area contributed by atoms with Gasteiger partial charge in [-0.2, -0.15) is 0 Å². The highest BCUT2D eigenvalue weighted by Gasteiger charge is 2.40. The molecule has 0 aliphatic carbocycles. The predicted molar refractivity (Wildman–Crippen MR) is 96.8 cm³/mol. The molecule has 1 aromatic carbocycles. The fourth-order valence-corrected chi connectivity index (χ4v) is 2.87. The minimum Gasteiger partial charge on any atom is -0.497 e. The lowest BCUT2D eigenvalue weighted by Crippen LogP contribution is -2.18. The molecule has 130 valence electrons. The van der Waals surface area contributed by atoms with Crippen LogP contribution in [0.5, 0.6) is 11.5 Å². The SMILES string of the molecule is COc1cc(OC)cc(-c2nnnc(C(Cl)(Cl)Cl)c2C(Cl)(Cl)Cl)c1. The summed E-state index contributed by atoms with van der Waals surface area (Å²) in [7, 11) is 3.00. The molecule has 0 bridgehead atoms. The Balaban J connectivity index is 2.80. The summed E-state index contributed by atoms with van der Waals surface area (Å²) in [4.78, 5) is 0. The molecule has 0 N–H and O–H groups in total. The van der Waals surface area contributed by atoms with E-state index in [9.17, 15) is 0 Å². The molecule has 0 atom stereocenters. The van der Waals surface area contributed by atoms with Crippen LogP contribution in [0.1, 0.15) is 11.3 Å². The standard InChI is InChI=1S/C13H9Cl6N3O2/c1-23-7-3-6(4-8(5-7)24-2)10-9(12(14,15)16)11(13(17,18)19)21-22-20-10/h3-5H,1-2H3. The lowest BCUT2D eigenvalue weighted by molar-refractivity contribution is 0.394. The molecule has 0 amide bonds. The number of benzene rings is 1. The van der Waals surface area contributed by atoms with Crippen molar-refractivity contribution in [2.75, 3.05) is 14.2 Å². The van der Waals surface area contributed by atoms with Crippen molar-refractivity contribution in [3.8, 4) is 22.8 Å². The molecular weight excluding hydrogens is 443 g/mol. The predicted octanol–water partition coefficient (Wildman–Crippen LogP) is 5.21. The Hall–Kier alpha value is -0.430. The van der Waals surface area contributed by atoms with Gasteiger partial charge >= 0.3 is 0 Å². The molecule has 0 spiro atoms. The van der Waals surface area contributed by atoms with Gasteiger partial charge in [0.1, 0.15) is 22.9 Å². The number of nitrogens with zero attached hydrogens (tertiary/aromatic N) is 3. The van der Waals surface area contributed by atoms with Crippen LogP contribution in [0, 0.1) is 0 Å². The summed E-state index contributed by atoms with van der Waals surface area (Å²) in [5.41, 5.74) is 0.513. The van der Waals surface area contributed by atoms with Gasteiger partial charge in [0.25, 0.3) is 0 Å². The molecule has 5 nitrogen and oxygen atoms in total. The molecule has 0 fully saturated rings. The van der Waals surface area contributed by atoms with Gasteiger partial charge < -0.3 is 9.47 Å². The Morgan fingerprint density at radius 2 is 1.33 bits per heavy atom. The monoisotopic (exact) mass is 449 g/mol. The van der Waals surface area contributed by atoms with Crippen molar-refractivity contribution >= 4 is 69.6 Å². The maximum atomic E-state index is 6.06. The van der Waals surface area contributed by atoms with Gasteiger partial charge in [0, 0.05) is 11.6 Å². The number of halogens is 6. The number of aromatic nitrogens is 3. The van der Waals surface area contributed by atoms with Crippen LogP contribution in [-0.2, 0) is 7.59 Å². The van der Waals surface area contributed by atoms with Crippen molar-refractivity contribution in [3.05, 3.63) is 29.5 Å². The van der Waals surface area contributed by atoms with E-state index in [1.54, 1.807) is 18.2 Å². The molecule has 11 heteroatoms. The third-order valence-corrected chi connectivity index (χ3v) is 4.04. The van der Waals surface area contributed by atoms with Gasteiger partial charge in [-0.3, -0.25) is 0 Å². The third-order valence-electron chi connectivity index (χ3n) is 2.94. The second-order valence-corrected chi connectivity index (χ2v) is 9.02. The van der Waals surface area contributed by atoms with Crippen LogP contribution in [0.25, 0.3) is 11.3 Å². The van der Waals surface area contributed by atoms with Crippen LogP contribution in [-0.4, -0.2) is 29.6 Å². The van der Waals surface area contributed by atoms with Crippen LogP contribution >= 0.6 is 69.6 Å². The van der Waals surface area contributed by atoms with Crippen LogP contribution in [0.15, 0.2) is 18.2 Å². The van der Waals surface area contributed by atoms with Gasteiger partial charge in [-0.15, -0.1) is 10.2 Å². The van der Waals surface area contributed by atoms with E-state index in [1.165, 1.54) is 14.2 Å². The number of hydrogen-bond acceptors (Lipinski definition) is 5. The molecule has 0 radical (unpaired) electrons. The minimum atomic E-state index is -1.97. The van der Waals surface area contributed by atoms with E-state index in [0.717, 1.165) is 0 Å². The number of alkyl halides is 6. The molecule has 1 heterocycles. The average Bonchev–Trinajstić information content (AvgIpc) is 2.51. The Bertz CT molecular complexity index is 723. The summed E-state index contributed by atoms with van der Waals surface area (Å²) in [5, 5.41) is 11.3. The van der Waals surface area contributed by atoms with E-state index in [4.69, 9.17) is 79.1 Å². The van der Waals surface area contributed by atoms with Crippen molar-refractivity contribution in [2.45, 2.75) is 7.59 Å². The summed E-state index contributed by atoms with van der Waals surface area (Å²) in [6, 6.07) is 4.96. The molecule has 0 aliphatic heterocycles. The maximum Gasteiger partial charge on any atom is 0.234 e. The molecular formula is C13H9Cl6N3O2. The number of hydrogen-bond donors (Lipinski definition) is 0. The lowest BCUT2D eigenvalue weighted by atomic mass is 10.1. The van der Waals surface area contributed by atoms with Crippen LogP contribution < -0.4 is 9.47 Å². The van der Waals surface area contributed by atoms with Gasteiger partial charge in [-0.05, 0) is 17.3 Å². The zero-order valence-electron chi connectivity index (χ0n) is 12.2. The van der Waals surface area contributed by atoms with Crippen molar-refractivity contribution in [2.24, 2.45) is 0 Å². The van der Waals surface area contributed by atoms with Gasteiger partial charge in [0.15, 0.2) is 0 Å². The normalized spacial score (nSPS) is 12.2. The van der Waals surface area contributed by atoms with Gasteiger partial charge in [0.2, 0.25) is 7.59 Å². The number of rotatable bonds is 3. The largest absolute Gasteiger partial charge is 0.497 e. The Labute approximate surface area is 168 Å². The summed E-state index contributed by atoms with van der Waals surface area (Å²) in [5.74, 6) is 0.988. The number of methoxy groups -OCH3 is 2. The summed E-state index contributed by atoms with van der Waals surface area (Å²) < 4.78 is 6.51. The maximum absolute atomic E-state index is 6.06. The molecule has 2 aromatic rings. The molecule has 0 saturated heterocycles. The Kier molecular flexibility index (Phi) is 6.17. The Morgan fingerprint density at radius 1 is 0.792 bits per heavy atom. The van der Waals surface area contributed by atoms with Crippen LogP contribution in [0.2, 0.25) is 0 Å². The molecule has 1 aromatic heterocycles. The third kappa shape index (κ3) is 4.40. The molecule has 0 unspecified atom stereocenters. The summed E-state index contributed by atoms with van der Waals surface area (Å²) >= 11 is 35.9. The van der Waals surface area contributed by atoms with E-state index in [0.29, 0.717) is 17.1 Å². The van der Waals surface area contributed by atoms with E-state index in [-0.39, 0.29) is 17.0 Å². The summed E-state index contributed by atoms with van der Waals surface area (Å²) in [6.45, 7) is 0. The van der Waals surface area contributed by atoms with Crippen molar-refractivity contribution < 1.29 is 9.47 Å². The first kappa shape index (κ1) is 19.9. The van der Waals surface area contributed by atoms with Gasteiger partial charge in [-0.1, -0.05) is 69.6 Å². The average molecular weight is 452 g/mol. The molecule has 24 heavy (non-hydrogen) atoms. The fraction of sp³-hybridized carbons (Fsp3) is 0.308. The first-order chi connectivity index (χ1) is 11.1. The molecule has 0 aliphatic rings. The second-order valence-electron chi connectivity index (χ2n) is 4.46. The highest BCUT2D eigenvalue weighted by molar-refractivity contribution is 6.69. The zero-order valence-corrected chi connectivity index (χ0v) is 16.7. The topological polar surface area (TPSA) is 57.1 Å². The van der Waals surface area contributed by atoms with E-state index in [1.807, 2.05) is 0 Å². The van der Waals surface area contributed by atoms with Crippen molar-refractivity contribution in [1.82, 2.24) is 15.4 Å². The highest BCUT2D eigenvalue weighted by atomic mass is 35.6. The first-order valence-corrected chi connectivity index (χ1v) is 8.46. The Morgan fingerprint density at radius 3 is 1.75 bits per heavy atom. The smallest absolute Gasteiger partial charge is 0.234 e. The van der Waals surface area contributed by atoms with Crippen LogP contribution in [0.3, 0.4) is 0 Å². The van der Waals surface area contributed by atoms with Gasteiger partial charge in [0.05, 0.1) is 19.8 Å². The highest BCUT2D eigenvalue weighted by Crippen LogP contribution is 2.50. The van der Waals surface area contributed by atoms with Gasteiger partial charge in [-0.25, -0.2) is 0 Å². The number of ether oxygens (including phenoxy) is 2. The fourth-order valence-electron chi connectivity index (χ4n) is 1.94. The quantitative estimate of drug-likeness (QED) is 0.599. The first-order valence-electron chi connectivity index (χ1n) is 6.19. The van der Waals surface area contributed by atoms with E-state index >= 15 is 0 Å². The van der Waals surface area contributed by atoms with E-state index in [2.05, 4.69) is 15.4 Å². The van der Waals surface area contributed by atoms with Crippen LogP contribution in [0.4, 0.5) is 0 Å².